The van der Waals surface area contributed by atoms with Crippen LogP contribution in [-0.4, -0.2) is 12.1 Å². The van der Waals surface area contributed by atoms with Crippen LogP contribution in [0.4, 0.5) is 0 Å². The molecule has 1 rings (SSSR count). The highest BCUT2D eigenvalue weighted by Crippen LogP contribution is 2.28. The maximum atomic E-state index is 12.1. The van der Waals surface area contributed by atoms with Gasteiger partial charge in [-0.25, -0.2) is 4.79 Å². The van der Waals surface area contributed by atoms with E-state index >= 15 is 0 Å². The van der Waals surface area contributed by atoms with Crippen molar-refractivity contribution in [3.05, 3.63) is 35.9 Å². The number of hydrogen-bond acceptors (Lipinski definition) is 2. The minimum absolute atomic E-state index is 0.0330. The molecule has 0 unspecified atom stereocenters. The van der Waals surface area contributed by atoms with Crippen molar-refractivity contribution in [2.45, 2.75) is 47.1 Å². The first kappa shape index (κ1) is 14.7. The van der Waals surface area contributed by atoms with Gasteiger partial charge >= 0.3 is 5.97 Å². The molecule has 0 saturated heterocycles. The predicted molar refractivity (Wildman–Crippen MR) is 74.6 cm³/mol. The summed E-state index contributed by atoms with van der Waals surface area (Å²) in [6.45, 7) is 10.6. The minimum Gasteiger partial charge on any atom is -0.458 e. The second kappa shape index (κ2) is 6.03. The number of esters is 1. The summed E-state index contributed by atoms with van der Waals surface area (Å²) in [6.07, 6.45) is 0.840. The van der Waals surface area contributed by atoms with Gasteiger partial charge in [0.25, 0.3) is 0 Å². The molecule has 0 radical (unpaired) electrons. The van der Waals surface area contributed by atoms with Gasteiger partial charge in [0, 0.05) is 0 Å². The third-order valence-electron chi connectivity index (χ3n) is 2.91. The molecule has 2 nitrogen and oxygen atoms in total. The molecule has 0 amide bonds. The van der Waals surface area contributed by atoms with Gasteiger partial charge in [-0.15, -0.1) is 0 Å². The Kier molecular flexibility index (Phi) is 4.94. The molecular weight excluding hydrogens is 224 g/mol. The predicted octanol–water partition coefficient (Wildman–Crippen LogP) is 4.30. The zero-order valence-electron chi connectivity index (χ0n) is 12.1. The van der Waals surface area contributed by atoms with Gasteiger partial charge in [0.05, 0.1) is 5.56 Å². The van der Waals surface area contributed by atoms with Crippen molar-refractivity contribution in [2.75, 3.05) is 0 Å². The van der Waals surface area contributed by atoms with E-state index in [1.54, 1.807) is 12.1 Å². The molecule has 0 aliphatic carbocycles. The Morgan fingerprint density at radius 3 is 2.17 bits per heavy atom. The van der Waals surface area contributed by atoms with Crippen LogP contribution in [0.2, 0.25) is 0 Å². The first-order valence-corrected chi connectivity index (χ1v) is 6.56. The van der Waals surface area contributed by atoms with E-state index < -0.39 is 0 Å². The molecule has 0 spiro atoms. The first-order valence-electron chi connectivity index (χ1n) is 6.56. The number of carbonyl (C=O) groups is 1. The second-order valence-electron chi connectivity index (χ2n) is 6.26. The van der Waals surface area contributed by atoms with Crippen LogP contribution in [0.1, 0.15) is 51.4 Å². The molecular formula is C16H24O2. The summed E-state index contributed by atoms with van der Waals surface area (Å²) in [6, 6.07) is 9.18. The smallest absolute Gasteiger partial charge is 0.338 e. The Labute approximate surface area is 110 Å². The van der Waals surface area contributed by atoms with Crippen molar-refractivity contribution in [1.82, 2.24) is 0 Å². The zero-order valence-corrected chi connectivity index (χ0v) is 12.1. The Morgan fingerprint density at radius 2 is 1.72 bits per heavy atom. The minimum atomic E-state index is -0.226. The third-order valence-corrected chi connectivity index (χ3v) is 2.91. The van der Waals surface area contributed by atoms with Crippen molar-refractivity contribution in [2.24, 2.45) is 11.3 Å². The number of carbonyl (C=O) groups excluding carboxylic acids is 1. The van der Waals surface area contributed by atoms with Crippen LogP contribution < -0.4 is 0 Å². The van der Waals surface area contributed by atoms with Gasteiger partial charge in [0.1, 0.15) is 6.10 Å². The van der Waals surface area contributed by atoms with Crippen LogP contribution in [0, 0.1) is 11.3 Å². The average molecular weight is 248 g/mol. The molecule has 100 valence electrons. The molecule has 0 aliphatic rings. The Bertz CT molecular complexity index is 374. The summed E-state index contributed by atoms with van der Waals surface area (Å²) < 4.78 is 5.67. The lowest BCUT2D eigenvalue weighted by Gasteiger charge is -2.31. The van der Waals surface area contributed by atoms with Crippen molar-refractivity contribution in [1.29, 1.82) is 0 Å². The normalized spacial score (nSPS) is 13.4. The fourth-order valence-corrected chi connectivity index (χ4v) is 1.78. The molecule has 0 heterocycles. The van der Waals surface area contributed by atoms with E-state index in [4.69, 9.17) is 4.74 Å². The van der Waals surface area contributed by atoms with Gasteiger partial charge in [-0.05, 0) is 29.9 Å². The van der Waals surface area contributed by atoms with Crippen LogP contribution in [0.3, 0.4) is 0 Å². The highest BCUT2D eigenvalue weighted by atomic mass is 16.5. The van der Waals surface area contributed by atoms with Gasteiger partial charge in [-0.1, -0.05) is 52.8 Å². The second-order valence-corrected chi connectivity index (χ2v) is 6.26. The van der Waals surface area contributed by atoms with E-state index in [0.717, 1.165) is 6.42 Å². The van der Waals surface area contributed by atoms with E-state index in [-0.39, 0.29) is 17.5 Å². The Hall–Kier alpha value is -1.31. The molecule has 0 aliphatic heterocycles. The van der Waals surface area contributed by atoms with E-state index in [2.05, 4.69) is 34.6 Å². The molecule has 0 bridgehead atoms. The summed E-state index contributed by atoms with van der Waals surface area (Å²) in [5, 5.41) is 0. The molecule has 1 aromatic rings. The van der Waals surface area contributed by atoms with E-state index in [1.165, 1.54) is 0 Å². The van der Waals surface area contributed by atoms with E-state index in [0.29, 0.717) is 11.5 Å². The fraction of sp³-hybridized carbons (Fsp3) is 0.562. The van der Waals surface area contributed by atoms with Crippen molar-refractivity contribution >= 4 is 5.97 Å². The largest absolute Gasteiger partial charge is 0.458 e. The number of hydrogen-bond donors (Lipinski definition) is 0. The SMILES string of the molecule is CC(C)C[C@@H](OC(=O)c1ccccc1)C(C)(C)C. The van der Waals surface area contributed by atoms with Crippen molar-refractivity contribution < 1.29 is 9.53 Å². The maximum absolute atomic E-state index is 12.1. The summed E-state index contributed by atoms with van der Waals surface area (Å²) in [5.74, 6) is 0.286. The van der Waals surface area contributed by atoms with E-state index in [9.17, 15) is 4.79 Å². The summed E-state index contributed by atoms with van der Waals surface area (Å²) in [5.41, 5.74) is 0.588. The first-order chi connectivity index (χ1) is 8.30. The zero-order chi connectivity index (χ0) is 13.8. The van der Waals surface area contributed by atoms with Gasteiger partial charge in [-0.3, -0.25) is 0 Å². The summed E-state index contributed by atoms with van der Waals surface area (Å²) in [7, 11) is 0. The fourth-order valence-electron chi connectivity index (χ4n) is 1.78. The maximum Gasteiger partial charge on any atom is 0.338 e. The van der Waals surface area contributed by atoms with Crippen LogP contribution in [0.5, 0.6) is 0 Å². The summed E-state index contributed by atoms with van der Waals surface area (Å²) in [4.78, 5) is 12.1. The summed E-state index contributed by atoms with van der Waals surface area (Å²) >= 11 is 0. The molecule has 1 aromatic carbocycles. The lowest BCUT2D eigenvalue weighted by molar-refractivity contribution is -0.0106. The van der Waals surface area contributed by atoms with Crippen LogP contribution in [0.15, 0.2) is 30.3 Å². The Morgan fingerprint density at radius 1 is 1.17 bits per heavy atom. The van der Waals surface area contributed by atoms with Gasteiger partial charge < -0.3 is 4.74 Å². The van der Waals surface area contributed by atoms with Crippen LogP contribution in [0.25, 0.3) is 0 Å². The van der Waals surface area contributed by atoms with Gasteiger partial charge in [0.15, 0.2) is 0 Å². The van der Waals surface area contributed by atoms with Crippen LogP contribution >= 0.6 is 0 Å². The lowest BCUT2D eigenvalue weighted by Crippen LogP contribution is -2.33. The average Bonchev–Trinajstić information content (AvgIpc) is 2.27. The molecule has 0 N–H and O–H groups in total. The van der Waals surface area contributed by atoms with Crippen molar-refractivity contribution in [3.8, 4) is 0 Å². The quantitative estimate of drug-likeness (QED) is 0.742. The molecule has 18 heavy (non-hydrogen) atoms. The lowest BCUT2D eigenvalue weighted by atomic mass is 9.84. The highest BCUT2D eigenvalue weighted by Gasteiger charge is 2.29. The molecule has 0 saturated carbocycles. The van der Waals surface area contributed by atoms with Crippen LogP contribution in [-0.2, 0) is 4.74 Å². The Balaban J connectivity index is 2.75. The molecule has 0 aromatic heterocycles. The van der Waals surface area contributed by atoms with Crippen molar-refractivity contribution in [3.63, 3.8) is 0 Å². The van der Waals surface area contributed by atoms with Gasteiger partial charge in [-0.2, -0.15) is 0 Å². The topological polar surface area (TPSA) is 26.3 Å². The number of benzene rings is 1. The monoisotopic (exact) mass is 248 g/mol. The van der Waals surface area contributed by atoms with E-state index in [1.807, 2.05) is 18.2 Å². The third kappa shape index (κ3) is 4.52. The molecule has 2 heteroatoms. The molecule has 1 atom stereocenters. The highest BCUT2D eigenvalue weighted by molar-refractivity contribution is 5.89. The van der Waals surface area contributed by atoms with Gasteiger partial charge in [0.2, 0.25) is 0 Å². The standard InChI is InChI=1S/C16H24O2/c1-12(2)11-14(16(3,4)5)18-15(17)13-9-7-6-8-10-13/h6-10,12,14H,11H2,1-5H3/t14-/m1/s1. The molecule has 0 fully saturated rings. The number of ether oxygens (including phenoxy) is 1. The number of rotatable bonds is 4.